The number of thioether (sulfide) groups is 1. The predicted octanol–water partition coefficient (Wildman–Crippen LogP) is 4.23. The van der Waals surface area contributed by atoms with Crippen LogP contribution in [0.2, 0.25) is 0 Å². The summed E-state index contributed by atoms with van der Waals surface area (Å²) in [6.07, 6.45) is 1.58. The molecule has 1 atom stereocenters. The smallest absolute Gasteiger partial charge is 0.407 e. The van der Waals surface area contributed by atoms with E-state index in [0.29, 0.717) is 30.8 Å². The predicted molar refractivity (Wildman–Crippen MR) is 115 cm³/mol. The lowest BCUT2D eigenvalue weighted by atomic mass is 10.0. The fourth-order valence-electron chi connectivity index (χ4n) is 3.36. The van der Waals surface area contributed by atoms with Crippen molar-refractivity contribution in [2.75, 3.05) is 18.0 Å². The Labute approximate surface area is 183 Å². The second kappa shape index (κ2) is 8.49. The number of anilines is 1. The van der Waals surface area contributed by atoms with Crippen molar-refractivity contribution in [2.24, 2.45) is 0 Å². The van der Waals surface area contributed by atoms with Crippen LogP contribution in [0, 0.1) is 0 Å². The summed E-state index contributed by atoms with van der Waals surface area (Å²) >= 11 is 0.729. The Morgan fingerprint density at radius 2 is 2.00 bits per heavy atom. The quantitative estimate of drug-likeness (QED) is 0.664. The average molecular weight is 454 g/mol. The van der Waals surface area contributed by atoms with Crippen molar-refractivity contribution in [3.63, 3.8) is 0 Å². The maximum Gasteiger partial charge on any atom is 0.407 e. The minimum Gasteiger partial charge on any atom is -0.444 e. The Morgan fingerprint density at radius 1 is 1.29 bits per heavy atom. The molecule has 0 unspecified atom stereocenters. The molecule has 0 aliphatic carbocycles. The van der Waals surface area contributed by atoms with Crippen LogP contribution in [-0.2, 0) is 15.5 Å². The van der Waals surface area contributed by atoms with E-state index in [4.69, 9.17) is 4.74 Å². The van der Waals surface area contributed by atoms with Crippen LogP contribution in [0.4, 0.5) is 24.1 Å². The highest BCUT2D eigenvalue weighted by molar-refractivity contribution is 8.18. The fourth-order valence-corrected chi connectivity index (χ4v) is 4.04. The number of carbonyl (C=O) groups is 3. The molecule has 0 aromatic heterocycles. The van der Waals surface area contributed by atoms with Gasteiger partial charge in [0.05, 0.1) is 10.9 Å². The molecule has 1 aromatic carbocycles. The summed E-state index contributed by atoms with van der Waals surface area (Å²) < 4.78 is 33.1. The van der Waals surface area contributed by atoms with Crippen molar-refractivity contribution in [1.29, 1.82) is 0 Å². The minimum absolute atomic E-state index is 0.144. The second-order valence-corrected chi connectivity index (χ2v) is 9.61. The molecule has 0 radical (unpaired) electrons. The highest BCUT2D eigenvalue weighted by Crippen LogP contribution is 2.35. The first-order valence-electron chi connectivity index (χ1n) is 9.83. The maximum absolute atomic E-state index is 13.9. The number of benzene rings is 1. The van der Waals surface area contributed by atoms with Gasteiger partial charge in [-0.15, -0.1) is 0 Å². The number of halogens is 2. The first-order valence-corrected chi connectivity index (χ1v) is 10.6. The van der Waals surface area contributed by atoms with E-state index in [0.717, 1.165) is 18.7 Å². The van der Waals surface area contributed by atoms with Gasteiger partial charge in [0.2, 0.25) is 0 Å². The van der Waals surface area contributed by atoms with E-state index in [1.54, 1.807) is 26.8 Å². The zero-order valence-corrected chi connectivity index (χ0v) is 18.6. The van der Waals surface area contributed by atoms with Crippen molar-refractivity contribution in [2.45, 2.75) is 51.7 Å². The third-order valence-electron chi connectivity index (χ3n) is 4.71. The minimum atomic E-state index is -3.06. The van der Waals surface area contributed by atoms with Gasteiger partial charge in [-0.1, -0.05) is 6.07 Å². The second-order valence-electron chi connectivity index (χ2n) is 8.59. The number of nitrogens with one attached hydrogen (secondary N) is 2. The van der Waals surface area contributed by atoms with Gasteiger partial charge in [0.25, 0.3) is 17.1 Å². The molecule has 10 heteroatoms. The molecule has 2 fully saturated rings. The van der Waals surface area contributed by atoms with Gasteiger partial charge >= 0.3 is 6.09 Å². The molecule has 2 saturated heterocycles. The van der Waals surface area contributed by atoms with Crippen LogP contribution in [0.1, 0.15) is 45.2 Å². The Kier molecular flexibility index (Phi) is 6.31. The van der Waals surface area contributed by atoms with Gasteiger partial charge in [-0.25, -0.2) is 13.6 Å². The van der Waals surface area contributed by atoms with E-state index in [1.807, 2.05) is 4.90 Å². The van der Waals surface area contributed by atoms with E-state index in [1.165, 1.54) is 18.2 Å². The lowest BCUT2D eigenvalue weighted by Gasteiger charge is -2.24. The number of rotatable bonds is 4. The summed E-state index contributed by atoms with van der Waals surface area (Å²) in [5.41, 5.74) is 0.242. The molecule has 2 heterocycles. The Hall–Kier alpha value is -2.62. The highest BCUT2D eigenvalue weighted by atomic mass is 32.2. The van der Waals surface area contributed by atoms with Crippen LogP contribution in [0.25, 0.3) is 6.08 Å². The largest absolute Gasteiger partial charge is 0.444 e. The number of hydrogen-bond acceptors (Lipinski definition) is 6. The van der Waals surface area contributed by atoms with Crippen molar-refractivity contribution >= 4 is 40.8 Å². The zero-order chi connectivity index (χ0) is 23.0. The van der Waals surface area contributed by atoms with E-state index >= 15 is 0 Å². The number of imide groups is 1. The fraction of sp³-hybridized carbons (Fsp3) is 0.476. The third-order valence-corrected chi connectivity index (χ3v) is 5.52. The number of alkyl halides is 2. The maximum atomic E-state index is 13.9. The Bertz CT molecular complexity index is 938. The van der Waals surface area contributed by atoms with Crippen molar-refractivity contribution in [3.05, 3.63) is 34.2 Å². The molecule has 31 heavy (non-hydrogen) atoms. The summed E-state index contributed by atoms with van der Waals surface area (Å²) in [7, 11) is 0. The molecule has 2 aliphatic rings. The van der Waals surface area contributed by atoms with Crippen molar-refractivity contribution in [1.82, 2.24) is 10.6 Å². The Morgan fingerprint density at radius 3 is 2.58 bits per heavy atom. The van der Waals surface area contributed by atoms with Crippen LogP contribution >= 0.6 is 11.8 Å². The molecule has 0 bridgehead atoms. The van der Waals surface area contributed by atoms with Gasteiger partial charge in [0.1, 0.15) is 5.60 Å². The summed E-state index contributed by atoms with van der Waals surface area (Å²) in [6, 6.07) is 4.08. The van der Waals surface area contributed by atoms with Crippen LogP contribution in [-0.4, -0.2) is 42.0 Å². The Balaban J connectivity index is 1.84. The molecule has 1 aromatic rings. The first kappa shape index (κ1) is 23.1. The zero-order valence-electron chi connectivity index (χ0n) is 17.8. The summed E-state index contributed by atoms with van der Waals surface area (Å²) in [4.78, 5) is 37.6. The average Bonchev–Trinajstić information content (AvgIpc) is 3.18. The molecule has 168 valence electrons. The molecule has 7 nitrogen and oxygen atoms in total. The first-order chi connectivity index (χ1) is 14.3. The SMILES string of the molecule is CC(C)(C)OC(=O)N[C@H]1CCN(c2ccc(C(C)(F)F)cc2/C=C2\SC(=O)NC2=O)C1. The van der Waals surface area contributed by atoms with Gasteiger partial charge in [-0.05, 0) is 62.7 Å². The van der Waals surface area contributed by atoms with Crippen LogP contribution in [0.3, 0.4) is 0 Å². The number of amides is 3. The standard InChI is InChI=1S/C21H25F2N3O4S/c1-20(2,3)30-18(28)24-14-7-8-26(11-14)15-6-5-13(21(4,22)23)9-12(15)10-16-17(27)25-19(29)31-16/h5-6,9-10,14H,7-8,11H2,1-4H3,(H,24,28)(H,25,27,29)/b16-10-/t14-/m0/s1. The summed E-state index contributed by atoms with van der Waals surface area (Å²) in [6.45, 7) is 7.17. The van der Waals surface area contributed by atoms with E-state index < -0.39 is 28.8 Å². The lowest BCUT2D eigenvalue weighted by Crippen LogP contribution is -2.40. The number of carbonyl (C=O) groups excluding carboxylic acids is 3. The van der Waals surface area contributed by atoms with Gasteiger partial charge in [-0.2, -0.15) is 0 Å². The molecule has 3 amide bonds. The molecular formula is C21H25F2N3O4S. The molecule has 0 spiro atoms. The van der Waals surface area contributed by atoms with Crippen molar-refractivity contribution < 1.29 is 27.9 Å². The number of hydrogen-bond donors (Lipinski definition) is 2. The van der Waals surface area contributed by atoms with Gasteiger partial charge in [-0.3, -0.25) is 14.9 Å². The number of ether oxygens (including phenoxy) is 1. The van der Waals surface area contributed by atoms with E-state index in [2.05, 4.69) is 10.6 Å². The van der Waals surface area contributed by atoms with Gasteiger partial charge in [0, 0.05) is 31.3 Å². The van der Waals surface area contributed by atoms with Crippen LogP contribution in [0.5, 0.6) is 0 Å². The molecule has 2 N–H and O–H groups in total. The topological polar surface area (TPSA) is 87.7 Å². The number of alkyl carbamates (subject to hydrolysis) is 1. The third kappa shape index (κ3) is 5.96. The van der Waals surface area contributed by atoms with Gasteiger partial charge in [0.15, 0.2) is 0 Å². The van der Waals surface area contributed by atoms with E-state index in [9.17, 15) is 23.2 Å². The molecular weight excluding hydrogens is 428 g/mol. The summed E-state index contributed by atoms with van der Waals surface area (Å²) in [5, 5.41) is 4.48. The lowest BCUT2D eigenvalue weighted by molar-refractivity contribution is -0.115. The normalized spacial score (nSPS) is 20.9. The number of nitrogens with zero attached hydrogens (tertiary/aromatic N) is 1. The van der Waals surface area contributed by atoms with Crippen LogP contribution in [0.15, 0.2) is 23.1 Å². The molecule has 0 saturated carbocycles. The van der Waals surface area contributed by atoms with Gasteiger partial charge < -0.3 is 15.0 Å². The van der Waals surface area contributed by atoms with E-state index in [-0.39, 0.29) is 16.5 Å². The molecule has 2 aliphatic heterocycles. The van der Waals surface area contributed by atoms with Crippen molar-refractivity contribution in [3.8, 4) is 0 Å². The monoisotopic (exact) mass is 453 g/mol. The van der Waals surface area contributed by atoms with Crippen LogP contribution < -0.4 is 15.5 Å². The summed E-state index contributed by atoms with van der Waals surface area (Å²) in [5.74, 6) is -3.61. The highest BCUT2D eigenvalue weighted by Gasteiger charge is 2.31. The molecule has 3 rings (SSSR count).